The van der Waals surface area contributed by atoms with Crippen molar-refractivity contribution < 1.29 is 23.5 Å². The van der Waals surface area contributed by atoms with E-state index in [1.165, 1.54) is 35.0 Å². The van der Waals surface area contributed by atoms with E-state index in [9.17, 15) is 9.59 Å². The minimum Gasteiger partial charge on any atom is -0.496 e. The Morgan fingerprint density at radius 1 is 1.02 bits per heavy atom. The number of hydrogen-bond acceptors (Lipinski definition) is 9. The van der Waals surface area contributed by atoms with Crippen molar-refractivity contribution in [1.29, 1.82) is 0 Å². The first-order chi connectivity index (χ1) is 24.0. The molecule has 1 saturated heterocycles. The van der Waals surface area contributed by atoms with Gasteiger partial charge in [-0.05, 0) is 57.7 Å². The van der Waals surface area contributed by atoms with Crippen LogP contribution in [-0.2, 0) is 9.53 Å². The van der Waals surface area contributed by atoms with Gasteiger partial charge in [-0.25, -0.2) is 24.1 Å². The summed E-state index contributed by atoms with van der Waals surface area (Å²) >= 11 is 7.01. The van der Waals surface area contributed by atoms with Crippen LogP contribution in [0.1, 0.15) is 78.6 Å². The average Bonchev–Trinajstić information content (AvgIpc) is 3.05. The number of aromatic nitrogens is 4. The van der Waals surface area contributed by atoms with Crippen molar-refractivity contribution in [1.82, 2.24) is 24.4 Å². The summed E-state index contributed by atoms with van der Waals surface area (Å²) in [5.41, 5.74) is 1.19. The predicted molar refractivity (Wildman–Crippen MR) is 195 cm³/mol. The number of methoxy groups -OCH3 is 1. The second-order valence-corrected chi connectivity index (χ2v) is 15.1. The first-order valence-electron chi connectivity index (χ1n) is 17.0. The number of amides is 2. The Balaban J connectivity index is 1.72. The summed E-state index contributed by atoms with van der Waals surface area (Å²) in [5, 5.41) is 0.552. The summed E-state index contributed by atoms with van der Waals surface area (Å²) in [6, 6.07) is 4.83. The number of benzene rings is 1. The summed E-state index contributed by atoms with van der Waals surface area (Å²) < 4.78 is 28.3. The molecule has 51 heavy (non-hydrogen) atoms. The van der Waals surface area contributed by atoms with E-state index < -0.39 is 35.2 Å². The zero-order valence-electron chi connectivity index (χ0n) is 30.5. The van der Waals surface area contributed by atoms with Crippen LogP contribution in [0.3, 0.4) is 0 Å². The fraction of sp³-hybridized carbons (Fsp3) is 0.459. The SMILES string of the molecule is COc1cccc(F)c1-c1nc2c(cc1Cl)c1c(c(=O)n2-c2c(C(C)C)ncnc2C(C)C)N(C)C(=O)[C@H]2CN(C(=O)OC(C)(C)C)[C@H](C)CN12. The van der Waals surface area contributed by atoms with Crippen LogP contribution in [0.5, 0.6) is 5.75 Å². The number of halogens is 2. The van der Waals surface area contributed by atoms with Gasteiger partial charge in [-0.15, -0.1) is 0 Å². The molecule has 1 fully saturated rings. The minimum absolute atomic E-state index is 0.0243. The van der Waals surface area contributed by atoms with Crippen LogP contribution >= 0.6 is 11.6 Å². The van der Waals surface area contributed by atoms with Crippen LogP contribution in [0.25, 0.3) is 28.0 Å². The van der Waals surface area contributed by atoms with Crippen molar-refractivity contribution in [2.24, 2.45) is 0 Å². The van der Waals surface area contributed by atoms with Gasteiger partial charge in [0, 0.05) is 25.0 Å². The highest BCUT2D eigenvalue weighted by Gasteiger charge is 2.47. The molecule has 0 saturated carbocycles. The third-order valence-electron chi connectivity index (χ3n) is 9.29. The number of fused-ring (bicyclic) bond motifs is 5. The van der Waals surface area contributed by atoms with E-state index in [4.69, 9.17) is 26.1 Å². The molecule has 2 atom stereocenters. The normalized spacial score (nSPS) is 17.7. The first kappa shape index (κ1) is 36.0. The Hall–Kier alpha value is -4.78. The zero-order chi connectivity index (χ0) is 37.3. The molecule has 0 radical (unpaired) electrons. The maximum atomic E-state index is 15.6. The molecule has 14 heteroatoms. The molecule has 0 bridgehead atoms. The topological polar surface area (TPSA) is 123 Å². The number of likely N-dealkylation sites (N-methyl/N-ethyl adjacent to an activating group) is 1. The lowest BCUT2D eigenvalue weighted by atomic mass is 9.97. The lowest BCUT2D eigenvalue weighted by molar-refractivity contribution is -0.121. The van der Waals surface area contributed by atoms with Crippen molar-refractivity contribution in [3.63, 3.8) is 0 Å². The van der Waals surface area contributed by atoms with Gasteiger partial charge in [0.1, 0.15) is 35.2 Å². The standard InChI is InChI=1S/C37H43ClFN7O5/c1-18(2)27-31(28(19(3)4)41-17-40-27)46-33-21(14-22(38)29(42-33)26-23(39)12-11-13-25(26)50-10)30-32(35(46)48)43(9)34(47)24-16-44(20(5)15-45(24)30)36(49)51-37(6,7)8/h11-14,17-20,24H,15-16H2,1-10H3/t20-,24-/m1/s1. The van der Waals surface area contributed by atoms with Crippen molar-refractivity contribution in [3.05, 3.63) is 63.2 Å². The molecule has 1 aromatic carbocycles. The third-order valence-corrected chi connectivity index (χ3v) is 9.57. The van der Waals surface area contributed by atoms with Crippen molar-refractivity contribution in [3.8, 4) is 22.7 Å². The maximum absolute atomic E-state index is 15.6. The molecule has 2 aliphatic heterocycles. The van der Waals surface area contributed by atoms with Crippen LogP contribution in [0.15, 0.2) is 35.4 Å². The van der Waals surface area contributed by atoms with Crippen LogP contribution in [-0.4, -0.2) is 81.4 Å². The van der Waals surface area contributed by atoms with Gasteiger partial charge >= 0.3 is 6.09 Å². The molecule has 0 N–H and O–H groups in total. The van der Waals surface area contributed by atoms with Crippen LogP contribution < -0.4 is 20.1 Å². The Morgan fingerprint density at radius 2 is 1.67 bits per heavy atom. The Labute approximate surface area is 301 Å². The summed E-state index contributed by atoms with van der Waals surface area (Å²) in [6.07, 6.45) is 0.946. The van der Waals surface area contributed by atoms with E-state index in [0.717, 1.165) is 0 Å². The quantitative estimate of drug-likeness (QED) is 0.222. The molecule has 270 valence electrons. The molecule has 0 aliphatic carbocycles. The van der Waals surface area contributed by atoms with Gasteiger partial charge in [-0.3, -0.25) is 14.2 Å². The predicted octanol–water partition coefficient (Wildman–Crippen LogP) is 6.68. The van der Waals surface area contributed by atoms with Crippen molar-refractivity contribution in [2.75, 3.05) is 37.0 Å². The third kappa shape index (κ3) is 6.04. The fourth-order valence-corrected chi connectivity index (χ4v) is 7.20. The molecule has 2 aliphatic rings. The summed E-state index contributed by atoms with van der Waals surface area (Å²) in [4.78, 5) is 61.6. The molecule has 4 aromatic rings. The van der Waals surface area contributed by atoms with Gasteiger partial charge in [0.2, 0.25) is 0 Å². The second kappa shape index (κ2) is 13.1. The Bertz CT molecular complexity index is 2100. The molecule has 2 amide bonds. The maximum Gasteiger partial charge on any atom is 0.410 e. The number of anilines is 2. The molecular formula is C37H43ClFN7O5. The smallest absolute Gasteiger partial charge is 0.410 e. The van der Waals surface area contributed by atoms with E-state index in [-0.39, 0.29) is 64.2 Å². The molecule has 12 nitrogen and oxygen atoms in total. The number of nitrogens with zero attached hydrogens (tertiary/aromatic N) is 7. The summed E-state index contributed by atoms with van der Waals surface area (Å²) in [7, 11) is 2.98. The second-order valence-electron chi connectivity index (χ2n) is 14.7. The lowest BCUT2D eigenvalue weighted by Gasteiger charge is -2.49. The number of hydrogen-bond donors (Lipinski definition) is 0. The van der Waals surface area contributed by atoms with Gasteiger partial charge in [-0.2, -0.15) is 0 Å². The number of rotatable bonds is 5. The van der Waals surface area contributed by atoms with E-state index in [1.807, 2.05) is 39.5 Å². The summed E-state index contributed by atoms with van der Waals surface area (Å²) in [6.45, 7) is 15.3. The number of carbonyl (C=O) groups is 2. The minimum atomic E-state index is -0.840. The number of ether oxygens (including phenoxy) is 2. The van der Waals surface area contributed by atoms with E-state index in [2.05, 4.69) is 9.97 Å². The number of pyridine rings is 2. The van der Waals surface area contributed by atoms with E-state index in [1.54, 1.807) is 44.9 Å². The van der Waals surface area contributed by atoms with Gasteiger partial charge in [0.25, 0.3) is 11.5 Å². The first-order valence-corrected chi connectivity index (χ1v) is 17.4. The Kier molecular flexibility index (Phi) is 9.24. The van der Waals surface area contributed by atoms with E-state index in [0.29, 0.717) is 28.1 Å². The van der Waals surface area contributed by atoms with Crippen LogP contribution in [0, 0.1) is 5.82 Å². The average molecular weight is 720 g/mol. The largest absolute Gasteiger partial charge is 0.496 e. The van der Waals surface area contributed by atoms with Crippen LogP contribution in [0.4, 0.5) is 20.6 Å². The molecule has 5 heterocycles. The highest BCUT2D eigenvalue weighted by Crippen LogP contribution is 2.45. The van der Waals surface area contributed by atoms with Gasteiger partial charge in [0.15, 0.2) is 5.65 Å². The molecular weight excluding hydrogens is 677 g/mol. The van der Waals surface area contributed by atoms with Crippen LogP contribution in [0.2, 0.25) is 5.02 Å². The number of piperazine rings is 1. The summed E-state index contributed by atoms with van der Waals surface area (Å²) in [5.74, 6) is -1.04. The van der Waals surface area contributed by atoms with Gasteiger partial charge in [-0.1, -0.05) is 45.4 Å². The fourth-order valence-electron chi connectivity index (χ4n) is 6.96. The highest BCUT2D eigenvalue weighted by molar-refractivity contribution is 6.34. The molecule has 6 rings (SSSR count). The van der Waals surface area contributed by atoms with Gasteiger partial charge < -0.3 is 24.2 Å². The molecule has 0 spiro atoms. The van der Waals surface area contributed by atoms with Gasteiger partial charge in [0.05, 0.1) is 52.7 Å². The number of carbonyl (C=O) groups excluding carboxylic acids is 2. The lowest BCUT2D eigenvalue weighted by Crippen LogP contribution is -2.66. The molecule has 0 unspecified atom stereocenters. The highest BCUT2D eigenvalue weighted by atomic mass is 35.5. The van der Waals surface area contributed by atoms with Crippen molar-refractivity contribution >= 4 is 46.0 Å². The molecule has 3 aromatic heterocycles. The van der Waals surface area contributed by atoms with Crippen molar-refractivity contribution in [2.45, 2.75) is 84.9 Å². The Morgan fingerprint density at radius 3 is 2.25 bits per heavy atom. The zero-order valence-corrected chi connectivity index (χ0v) is 31.3. The monoisotopic (exact) mass is 719 g/mol. The van der Waals surface area contributed by atoms with E-state index >= 15 is 9.18 Å².